The van der Waals surface area contributed by atoms with Crippen LogP contribution in [0.2, 0.25) is 0 Å². The zero-order valence-electron chi connectivity index (χ0n) is 16.6. The fourth-order valence-electron chi connectivity index (χ4n) is 3.18. The van der Waals surface area contributed by atoms with Gasteiger partial charge in [0.1, 0.15) is 5.54 Å². The largest absolute Gasteiger partial charge is 0.344 e. The van der Waals surface area contributed by atoms with E-state index in [1.165, 1.54) is 17.3 Å². The molecule has 1 aliphatic rings. The highest BCUT2D eigenvalue weighted by Crippen LogP contribution is 2.22. The average molecular weight is 412 g/mol. The molecule has 29 heavy (non-hydrogen) atoms. The van der Waals surface area contributed by atoms with Gasteiger partial charge in [-0.15, -0.1) is 11.8 Å². The maximum Gasteiger partial charge on any atom is 0.344 e. The first kappa shape index (κ1) is 20.9. The van der Waals surface area contributed by atoms with Crippen LogP contribution >= 0.6 is 11.8 Å². The molecule has 1 fully saturated rings. The van der Waals surface area contributed by atoms with Crippen LogP contribution in [0.4, 0.5) is 4.79 Å². The highest BCUT2D eigenvalue weighted by Gasteiger charge is 2.48. The molecular weight excluding hydrogens is 386 g/mol. The number of hydrogen-bond donors (Lipinski definition) is 2. The van der Waals surface area contributed by atoms with Crippen LogP contribution < -0.4 is 10.7 Å². The van der Waals surface area contributed by atoms with E-state index in [1.54, 1.807) is 6.92 Å². The Morgan fingerprint density at radius 2 is 1.79 bits per heavy atom. The zero-order chi connectivity index (χ0) is 20.9. The number of nitrogens with zero attached hydrogens (tertiary/aromatic N) is 1. The summed E-state index contributed by atoms with van der Waals surface area (Å²) >= 11 is 1.44. The molecule has 1 heterocycles. The van der Waals surface area contributed by atoms with Crippen molar-refractivity contribution in [3.05, 3.63) is 71.3 Å². The average Bonchev–Trinajstić information content (AvgIpc) is 2.92. The van der Waals surface area contributed by atoms with Gasteiger partial charge in [-0.25, -0.2) is 4.79 Å². The number of hydrogen-bond acceptors (Lipinski definition) is 4. The normalized spacial score (nSPS) is 18.6. The van der Waals surface area contributed by atoms with E-state index in [-0.39, 0.29) is 11.7 Å². The van der Waals surface area contributed by atoms with Gasteiger partial charge in [0.2, 0.25) is 5.91 Å². The van der Waals surface area contributed by atoms with E-state index in [0.717, 1.165) is 16.1 Å². The molecule has 0 aliphatic carbocycles. The molecule has 2 aromatic carbocycles. The Bertz CT molecular complexity index is 903. The van der Waals surface area contributed by atoms with Crippen LogP contribution in [0.15, 0.2) is 54.6 Å². The van der Waals surface area contributed by atoms with Crippen LogP contribution in [0.3, 0.4) is 0 Å². The number of nitrogens with one attached hydrogen (secondary N) is 2. The first-order valence-electron chi connectivity index (χ1n) is 9.51. The van der Waals surface area contributed by atoms with E-state index >= 15 is 0 Å². The summed E-state index contributed by atoms with van der Waals surface area (Å²) < 4.78 is 0. The van der Waals surface area contributed by atoms with Crippen LogP contribution in [0, 0.1) is 6.92 Å². The molecule has 2 aromatic rings. The third-order valence-electron chi connectivity index (χ3n) is 5.01. The Hall–Kier alpha value is -2.80. The minimum Gasteiger partial charge on any atom is -0.322 e. The van der Waals surface area contributed by atoms with Crippen molar-refractivity contribution in [1.82, 2.24) is 15.8 Å². The summed E-state index contributed by atoms with van der Waals surface area (Å²) in [5.41, 5.74) is 4.83. The molecule has 1 saturated heterocycles. The maximum absolute atomic E-state index is 12.8. The van der Waals surface area contributed by atoms with Crippen molar-refractivity contribution in [2.45, 2.75) is 38.0 Å². The molecule has 7 heteroatoms. The van der Waals surface area contributed by atoms with Gasteiger partial charge in [-0.3, -0.25) is 15.0 Å². The minimum absolute atomic E-state index is 0.159. The van der Waals surface area contributed by atoms with Crippen molar-refractivity contribution < 1.29 is 14.4 Å². The van der Waals surface area contributed by atoms with Gasteiger partial charge < -0.3 is 5.32 Å². The van der Waals surface area contributed by atoms with Crippen LogP contribution in [-0.4, -0.2) is 34.1 Å². The van der Waals surface area contributed by atoms with Crippen LogP contribution in [0.25, 0.3) is 0 Å². The third kappa shape index (κ3) is 5.17. The second-order valence-electron chi connectivity index (χ2n) is 7.34. The Kier molecular flexibility index (Phi) is 6.59. The summed E-state index contributed by atoms with van der Waals surface area (Å²) in [6.45, 7) is 3.72. The van der Waals surface area contributed by atoms with Crippen molar-refractivity contribution in [3.8, 4) is 0 Å². The number of amides is 4. The van der Waals surface area contributed by atoms with Gasteiger partial charge in [-0.2, -0.15) is 5.01 Å². The van der Waals surface area contributed by atoms with Gasteiger partial charge in [0, 0.05) is 5.75 Å². The predicted octanol–water partition coefficient (Wildman–Crippen LogP) is 3.20. The molecule has 4 amide bonds. The summed E-state index contributed by atoms with van der Waals surface area (Å²) in [7, 11) is 0. The fourth-order valence-corrected chi connectivity index (χ4v) is 4.07. The van der Waals surface area contributed by atoms with Gasteiger partial charge in [0.15, 0.2) is 0 Å². The van der Waals surface area contributed by atoms with Crippen LogP contribution in [-0.2, 0) is 21.8 Å². The Labute approximate surface area is 175 Å². The first-order chi connectivity index (χ1) is 13.9. The highest BCUT2D eigenvalue weighted by molar-refractivity contribution is 7.99. The number of thioether (sulfide) groups is 1. The minimum atomic E-state index is -1.03. The highest BCUT2D eigenvalue weighted by atomic mass is 32.2. The van der Waals surface area contributed by atoms with Gasteiger partial charge in [-0.05, 0) is 43.4 Å². The lowest BCUT2D eigenvalue weighted by Gasteiger charge is -2.21. The Morgan fingerprint density at radius 1 is 1.10 bits per heavy atom. The number of aryl methyl sites for hydroxylation is 2. The topological polar surface area (TPSA) is 78.5 Å². The smallest absolute Gasteiger partial charge is 0.322 e. The predicted molar refractivity (Wildman–Crippen MR) is 114 cm³/mol. The third-order valence-corrected chi connectivity index (χ3v) is 5.99. The second kappa shape index (κ2) is 9.13. The number of rotatable bonds is 8. The molecule has 0 aromatic heterocycles. The summed E-state index contributed by atoms with van der Waals surface area (Å²) in [6, 6.07) is 17.2. The lowest BCUT2D eigenvalue weighted by atomic mass is 9.93. The van der Waals surface area contributed by atoms with Crippen molar-refractivity contribution in [2.75, 3.05) is 5.75 Å². The molecule has 0 bridgehead atoms. The molecule has 1 aliphatic heterocycles. The lowest BCUT2D eigenvalue weighted by Crippen LogP contribution is -2.49. The van der Waals surface area contributed by atoms with E-state index in [2.05, 4.69) is 10.7 Å². The van der Waals surface area contributed by atoms with Gasteiger partial charge in [0.25, 0.3) is 5.91 Å². The van der Waals surface area contributed by atoms with Gasteiger partial charge >= 0.3 is 6.03 Å². The van der Waals surface area contributed by atoms with Gasteiger partial charge in [-0.1, -0.05) is 54.6 Å². The molecule has 1 atom stereocenters. The van der Waals surface area contributed by atoms with Crippen LogP contribution in [0.5, 0.6) is 0 Å². The fraction of sp³-hybridized carbons (Fsp3) is 0.318. The Balaban J connectivity index is 1.51. The number of urea groups is 1. The second-order valence-corrected chi connectivity index (χ2v) is 8.33. The molecule has 0 unspecified atom stereocenters. The SMILES string of the molecule is Cc1ccccc1CSCC(=O)NN1C(=O)N[C@@](C)(CCc2ccccc2)C1=O. The Morgan fingerprint density at radius 3 is 2.52 bits per heavy atom. The molecule has 152 valence electrons. The molecular formula is C22H25N3O3S. The maximum atomic E-state index is 12.8. The summed E-state index contributed by atoms with van der Waals surface area (Å²) in [5, 5.41) is 3.52. The quantitative estimate of drug-likeness (QED) is 0.654. The van der Waals surface area contributed by atoms with E-state index < -0.39 is 17.5 Å². The molecule has 2 N–H and O–H groups in total. The van der Waals surface area contributed by atoms with E-state index in [0.29, 0.717) is 18.6 Å². The number of carbonyl (C=O) groups excluding carboxylic acids is 3. The standard InChI is InChI=1S/C22H25N3O3S/c1-16-8-6-7-11-18(16)14-29-15-19(26)24-25-20(27)22(2,23-21(25)28)13-12-17-9-4-3-5-10-17/h3-11H,12-15H2,1-2H3,(H,23,28)(H,24,26)/t22-/m0/s1. The summed E-state index contributed by atoms with van der Waals surface area (Å²) in [6.07, 6.45) is 1.10. The van der Waals surface area contributed by atoms with Crippen molar-refractivity contribution in [1.29, 1.82) is 0 Å². The number of imide groups is 1. The van der Waals surface area contributed by atoms with Gasteiger partial charge in [0.05, 0.1) is 5.75 Å². The van der Waals surface area contributed by atoms with Crippen molar-refractivity contribution in [3.63, 3.8) is 0 Å². The number of benzene rings is 2. The molecule has 0 radical (unpaired) electrons. The molecule has 0 spiro atoms. The van der Waals surface area contributed by atoms with Crippen molar-refractivity contribution >= 4 is 29.6 Å². The van der Waals surface area contributed by atoms with Crippen molar-refractivity contribution in [2.24, 2.45) is 0 Å². The molecule has 6 nitrogen and oxygen atoms in total. The molecule has 3 rings (SSSR count). The van der Waals surface area contributed by atoms with E-state index in [4.69, 9.17) is 0 Å². The lowest BCUT2D eigenvalue weighted by molar-refractivity contribution is -0.138. The van der Waals surface area contributed by atoms with Crippen LogP contribution in [0.1, 0.15) is 30.0 Å². The number of carbonyl (C=O) groups is 3. The zero-order valence-corrected chi connectivity index (χ0v) is 17.4. The summed E-state index contributed by atoms with van der Waals surface area (Å²) in [5.74, 6) is 0.0383. The van der Waals surface area contributed by atoms with E-state index in [9.17, 15) is 14.4 Å². The number of hydrazine groups is 1. The first-order valence-corrected chi connectivity index (χ1v) is 10.7. The molecule has 0 saturated carbocycles. The summed E-state index contributed by atoms with van der Waals surface area (Å²) in [4.78, 5) is 37.3. The monoisotopic (exact) mass is 411 g/mol. The van der Waals surface area contributed by atoms with E-state index in [1.807, 2.05) is 61.5 Å².